The van der Waals surface area contributed by atoms with Crippen molar-refractivity contribution in [3.05, 3.63) is 57.6 Å². The van der Waals surface area contributed by atoms with Crippen LogP contribution in [0.5, 0.6) is 11.5 Å². The molecule has 2 aromatic rings. The van der Waals surface area contributed by atoms with Gasteiger partial charge in [-0.25, -0.2) is 0 Å². The van der Waals surface area contributed by atoms with Crippen molar-refractivity contribution < 1.29 is 10.2 Å². The Labute approximate surface area is 146 Å². The van der Waals surface area contributed by atoms with Gasteiger partial charge in [-0.05, 0) is 55.4 Å². The summed E-state index contributed by atoms with van der Waals surface area (Å²) in [6.07, 6.45) is 3.77. The monoisotopic (exact) mass is 326 g/mol. The van der Waals surface area contributed by atoms with Crippen LogP contribution in [-0.4, -0.2) is 10.2 Å². The number of rotatable bonds is 6. The van der Waals surface area contributed by atoms with Crippen molar-refractivity contribution in [3.8, 4) is 11.5 Å². The van der Waals surface area contributed by atoms with Crippen molar-refractivity contribution in [3.63, 3.8) is 0 Å². The third-order valence-corrected chi connectivity index (χ3v) is 4.92. The predicted molar refractivity (Wildman–Crippen MR) is 101 cm³/mol. The summed E-state index contributed by atoms with van der Waals surface area (Å²) in [5, 5.41) is 21.4. The van der Waals surface area contributed by atoms with E-state index < -0.39 is 0 Å². The van der Waals surface area contributed by atoms with Gasteiger partial charge in [-0.3, -0.25) is 0 Å². The molecule has 0 aliphatic rings. The summed E-state index contributed by atoms with van der Waals surface area (Å²) in [7, 11) is 0. The zero-order valence-electron chi connectivity index (χ0n) is 15.6. The number of benzene rings is 2. The van der Waals surface area contributed by atoms with Crippen LogP contribution < -0.4 is 0 Å². The molecule has 0 saturated carbocycles. The summed E-state index contributed by atoms with van der Waals surface area (Å²) in [5.74, 6) is 0.750. The highest BCUT2D eigenvalue weighted by Crippen LogP contribution is 2.42. The Morgan fingerprint density at radius 3 is 1.50 bits per heavy atom. The van der Waals surface area contributed by atoms with Crippen LogP contribution in [0, 0.1) is 13.8 Å². The Hall–Kier alpha value is -1.96. The third kappa shape index (κ3) is 3.58. The van der Waals surface area contributed by atoms with Crippen LogP contribution in [0.15, 0.2) is 24.3 Å². The van der Waals surface area contributed by atoms with Crippen molar-refractivity contribution in [1.29, 1.82) is 0 Å². The second-order valence-corrected chi connectivity index (χ2v) is 6.75. The molecule has 0 spiro atoms. The van der Waals surface area contributed by atoms with E-state index >= 15 is 0 Å². The van der Waals surface area contributed by atoms with Crippen LogP contribution in [0.3, 0.4) is 0 Å². The maximum atomic E-state index is 10.7. The van der Waals surface area contributed by atoms with Crippen LogP contribution in [0.2, 0.25) is 0 Å². The van der Waals surface area contributed by atoms with Crippen LogP contribution >= 0.6 is 0 Å². The zero-order chi connectivity index (χ0) is 17.9. The first-order valence-electron chi connectivity index (χ1n) is 9.07. The van der Waals surface area contributed by atoms with E-state index in [9.17, 15) is 10.2 Å². The topological polar surface area (TPSA) is 40.5 Å². The molecule has 0 atom stereocenters. The van der Waals surface area contributed by atoms with Crippen LogP contribution in [0.4, 0.5) is 0 Å². The summed E-state index contributed by atoms with van der Waals surface area (Å²) < 4.78 is 0. The third-order valence-electron chi connectivity index (χ3n) is 4.92. The second kappa shape index (κ2) is 7.74. The number of hydrogen-bond donors (Lipinski definition) is 2. The van der Waals surface area contributed by atoms with Gasteiger partial charge < -0.3 is 10.2 Å². The molecule has 0 unspecified atom stereocenters. The molecule has 0 radical (unpaired) electrons. The number of aromatic hydroxyl groups is 2. The number of hydrogen-bond acceptors (Lipinski definition) is 2. The van der Waals surface area contributed by atoms with Crippen molar-refractivity contribution in [2.75, 3.05) is 0 Å². The van der Waals surface area contributed by atoms with E-state index in [1.807, 2.05) is 13.8 Å². The fraction of sp³-hybridized carbons (Fsp3) is 0.455. The van der Waals surface area contributed by atoms with Gasteiger partial charge in [-0.15, -0.1) is 0 Å². The Morgan fingerprint density at radius 2 is 1.17 bits per heavy atom. The van der Waals surface area contributed by atoms with Gasteiger partial charge >= 0.3 is 0 Å². The van der Waals surface area contributed by atoms with Gasteiger partial charge in [0.15, 0.2) is 0 Å². The van der Waals surface area contributed by atoms with E-state index in [-0.39, 0.29) is 5.92 Å². The lowest BCUT2D eigenvalue weighted by Crippen LogP contribution is -2.05. The first-order valence-corrected chi connectivity index (χ1v) is 9.07. The Morgan fingerprint density at radius 1 is 0.750 bits per heavy atom. The smallest absolute Gasteiger partial charge is 0.122 e. The molecule has 0 saturated heterocycles. The molecule has 2 rings (SSSR count). The van der Waals surface area contributed by atoms with Gasteiger partial charge in [0.2, 0.25) is 0 Å². The molecule has 2 aromatic carbocycles. The quantitative estimate of drug-likeness (QED) is 0.707. The largest absolute Gasteiger partial charge is 0.507 e. The van der Waals surface area contributed by atoms with Gasteiger partial charge in [-0.1, -0.05) is 51.5 Å². The molecule has 0 aliphatic heterocycles. The highest BCUT2D eigenvalue weighted by Gasteiger charge is 2.23. The molecule has 0 heterocycles. The highest BCUT2D eigenvalue weighted by molar-refractivity contribution is 5.53. The van der Waals surface area contributed by atoms with Gasteiger partial charge in [0.05, 0.1) is 0 Å². The van der Waals surface area contributed by atoms with Crippen molar-refractivity contribution >= 4 is 0 Å². The van der Waals surface area contributed by atoms with E-state index in [1.54, 1.807) is 0 Å². The fourth-order valence-corrected chi connectivity index (χ4v) is 3.47. The molecule has 0 aromatic heterocycles. The van der Waals surface area contributed by atoms with Crippen molar-refractivity contribution in [2.45, 2.75) is 66.2 Å². The maximum absolute atomic E-state index is 10.7. The Bertz CT molecular complexity index is 657. The van der Waals surface area contributed by atoms with E-state index in [1.165, 1.54) is 11.1 Å². The second-order valence-electron chi connectivity index (χ2n) is 6.75. The predicted octanol–water partition coefficient (Wildman–Crippen LogP) is 5.77. The lowest BCUT2D eigenvalue weighted by Gasteiger charge is -2.23. The average Bonchev–Trinajstić information content (AvgIpc) is 2.58. The fourth-order valence-electron chi connectivity index (χ4n) is 3.47. The van der Waals surface area contributed by atoms with Crippen molar-refractivity contribution in [1.82, 2.24) is 0 Å². The summed E-state index contributed by atoms with van der Waals surface area (Å²) in [4.78, 5) is 0. The Balaban J connectivity index is 2.67. The molecule has 0 fully saturated rings. The number of aryl methyl sites for hydroxylation is 4. The van der Waals surface area contributed by atoms with Crippen LogP contribution in [-0.2, 0) is 12.8 Å². The molecule has 2 N–H and O–H groups in total. The molecular weight excluding hydrogens is 296 g/mol. The van der Waals surface area contributed by atoms with Gasteiger partial charge in [-0.2, -0.15) is 0 Å². The van der Waals surface area contributed by atoms with Crippen LogP contribution in [0.25, 0.3) is 0 Å². The van der Waals surface area contributed by atoms with Gasteiger partial charge in [0, 0.05) is 17.0 Å². The average molecular weight is 326 g/mol. The van der Waals surface area contributed by atoms with Crippen LogP contribution in [0.1, 0.15) is 72.9 Å². The molecule has 2 heteroatoms. The van der Waals surface area contributed by atoms with E-state index in [4.69, 9.17) is 0 Å². The minimum Gasteiger partial charge on any atom is -0.507 e. The summed E-state index contributed by atoms with van der Waals surface area (Å²) in [5.41, 5.74) is 6.16. The molecule has 0 aliphatic carbocycles. The number of phenols is 2. The maximum Gasteiger partial charge on any atom is 0.122 e. The normalized spacial score (nSPS) is 11.2. The number of phenolic OH excluding ortho intramolecular Hbond substituents is 2. The molecule has 24 heavy (non-hydrogen) atoms. The van der Waals surface area contributed by atoms with E-state index in [2.05, 4.69) is 45.0 Å². The standard InChI is InChI=1S/C22H30O2/c1-6-9-18(19-12-16(7-2)10-14(4)21(19)23)20-13-17(8-3)11-15(5)22(20)24/h10-13,18,23-24H,6-9H2,1-5H3. The molecule has 0 bridgehead atoms. The Kier molecular flexibility index (Phi) is 5.93. The SMILES string of the molecule is CCCC(c1cc(CC)cc(C)c1O)c1cc(CC)cc(C)c1O. The minimum atomic E-state index is 0.0189. The first-order chi connectivity index (χ1) is 11.4. The lowest BCUT2D eigenvalue weighted by atomic mass is 9.83. The lowest BCUT2D eigenvalue weighted by molar-refractivity contribution is 0.445. The summed E-state index contributed by atoms with van der Waals surface area (Å²) in [6.45, 7) is 10.3. The summed E-state index contributed by atoms with van der Waals surface area (Å²) in [6, 6.07) is 8.32. The van der Waals surface area contributed by atoms with E-state index in [0.717, 1.165) is 47.9 Å². The zero-order valence-corrected chi connectivity index (χ0v) is 15.6. The molecule has 130 valence electrons. The summed E-state index contributed by atoms with van der Waals surface area (Å²) >= 11 is 0. The molecule has 0 amide bonds. The first kappa shape index (κ1) is 18.4. The molecular formula is C22H30O2. The molecule has 2 nitrogen and oxygen atoms in total. The van der Waals surface area contributed by atoms with Gasteiger partial charge in [0.25, 0.3) is 0 Å². The highest BCUT2D eigenvalue weighted by atomic mass is 16.3. The van der Waals surface area contributed by atoms with Gasteiger partial charge in [0.1, 0.15) is 11.5 Å². The minimum absolute atomic E-state index is 0.0189. The van der Waals surface area contributed by atoms with Crippen molar-refractivity contribution in [2.24, 2.45) is 0 Å². The van der Waals surface area contributed by atoms with E-state index in [0.29, 0.717) is 11.5 Å².